The van der Waals surface area contributed by atoms with E-state index in [-0.39, 0.29) is 29.0 Å². The second kappa shape index (κ2) is 6.49. The molecule has 2 aromatic carbocycles. The van der Waals surface area contributed by atoms with Crippen molar-refractivity contribution in [1.82, 2.24) is 0 Å². The van der Waals surface area contributed by atoms with E-state index in [1.54, 1.807) is 12.1 Å². The molecule has 0 aliphatic carbocycles. The van der Waals surface area contributed by atoms with E-state index in [9.17, 15) is 32.5 Å². The van der Waals surface area contributed by atoms with Crippen LogP contribution < -0.4 is 4.90 Å². The predicted molar refractivity (Wildman–Crippen MR) is 91.9 cm³/mol. The van der Waals surface area contributed by atoms with Crippen LogP contribution in [0.2, 0.25) is 0 Å². The SMILES string of the molecule is CC(C)(F)c1ccc(N2CCC(F)(F)c3cc(F)cc(C#N)c32)c(C#N)c1F. The molecule has 0 bridgehead atoms. The predicted octanol–water partition coefficient (Wildman–Crippen LogP) is 5.55. The number of alkyl halides is 3. The first-order valence-electron chi connectivity index (χ1n) is 8.32. The van der Waals surface area contributed by atoms with Gasteiger partial charge in [-0.15, -0.1) is 0 Å². The molecule has 1 aliphatic rings. The summed E-state index contributed by atoms with van der Waals surface area (Å²) in [6, 6.07) is 7.12. The maximum Gasteiger partial charge on any atom is 0.277 e. The molecule has 0 spiro atoms. The number of nitrogens with zero attached hydrogens (tertiary/aromatic N) is 3. The number of anilines is 2. The van der Waals surface area contributed by atoms with E-state index in [0.717, 1.165) is 26.0 Å². The maximum atomic E-state index is 14.8. The van der Waals surface area contributed by atoms with Crippen LogP contribution in [0.25, 0.3) is 0 Å². The second-order valence-corrected chi connectivity index (χ2v) is 6.97. The minimum atomic E-state index is -3.40. The molecular formula is C20H14F5N3. The summed E-state index contributed by atoms with van der Waals surface area (Å²) < 4.78 is 71.5. The van der Waals surface area contributed by atoms with Gasteiger partial charge in [-0.1, -0.05) is 6.07 Å². The Morgan fingerprint density at radius 1 is 1.11 bits per heavy atom. The Morgan fingerprint density at radius 3 is 2.36 bits per heavy atom. The molecule has 0 saturated carbocycles. The average molecular weight is 391 g/mol. The molecule has 2 aromatic rings. The summed E-state index contributed by atoms with van der Waals surface area (Å²) in [7, 11) is 0. The van der Waals surface area contributed by atoms with E-state index < -0.39 is 40.8 Å². The van der Waals surface area contributed by atoms with Crippen molar-refractivity contribution in [2.45, 2.75) is 31.9 Å². The number of nitriles is 2. The van der Waals surface area contributed by atoms with Crippen LogP contribution in [0.1, 0.15) is 42.5 Å². The molecule has 1 heterocycles. The minimum Gasteiger partial charge on any atom is -0.339 e. The monoisotopic (exact) mass is 391 g/mol. The first-order valence-corrected chi connectivity index (χ1v) is 8.32. The lowest BCUT2D eigenvalue weighted by molar-refractivity contribution is -0.0145. The van der Waals surface area contributed by atoms with Gasteiger partial charge in [0.25, 0.3) is 5.92 Å². The summed E-state index contributed by atoms with van der Waals surface area (Å²) >= 11 is 0. The van der Waals surface area contributed by atoms with Crippen molar-refractivity contribution in [3.8, 4) is 12.1 Å². The number of hydrogen-bond donors (Lipinski definition) is 0. The molecule has 0 amide bonds. The van der Waals surface area contributed by atoms with Crippen LogP contribution in [0.5, 0.6) is 0 Å². The summed E-state index contributed by atoms with van der Waals surface area (Å²) in [5.74, 6) is -5.50. The fourth-order valence-corrected chi connectivity index (χ4v) is 3.35. The molecule has 0 radical (unpaired) electrons. The number of halogens is 5. The highest BCUT2D eigenvalue weighted by Gasteiger charge is 2.42. The van der Waals surface area contributed by atoms with Crippen molar-refractivity contribution >= 4 is 11.4 Å². The summed E-state index contributed by atoms with van der Waals surface area (Å²) in [6.45, 7) is 1.91. The largest absolute Gasteiger partial charge is 0.339 e. The van der Waals surface area contributed by atoms with Gasteiger partial charge < -0.3 is 4.90 Å². The third-order valence-corrected chi connectivity index (χ3v) is 4.67. The quantitative estimate of drug-likeness (QED) is 0.631. The van der Waals surface area contributed by atoms with Crippen molar-refractivity contribution in [3.05, 3.63) is 58.2 Å². The molecule has 0 N–H and O–H groups in total. The Kier molecular flexibility index (Phi) is 4.55. The number of fused-ring (bicyclic) bond motifs is 1. The fraction of sp³-hybridized carbons (Fsp3) is 0.300. The van der Waals surface area contributed by atoms with Crippen molar-refractivity contribution in [2.24, 2.45) is 0 Å². The molecule has 0 atom stereocenters. The Hall–Kier alpha value is -3.13. The fourth-order valence-electron chi connectivity index (χ4n) is 3.35. The summed E-state index contributed by atoms with van der Waals surface area (Å²) in [5.41, 5.74) is -4.41. The van der Waals surface area contributed by atoms with Gasteiger partial charge in [0.1, 0.15) is 35.0 Å². The van der Waals surface area contributed by atoms with Gasteiger partial charge in [-0.3, -0.25) is 0 Å². The summed E-state index contributed by atoms with van der Waals surface area (Å²) in [4.78, 5) is 1.18. The number of rotatable bonds is 2. The lowest BCUT2D eigenvalue weighted by atomic mass is 9.92. The van der Waals surface area contributed by atoms with Crippen molar-refractivity contribution in [2.75, 3.05) is 11.4 Å². The van der Waals surface area contributed by atoms with E-state index in [1.807, 2.05) is 0 Å². The van der Waals surface area contributed by atoms with Crippen LogP contribution in [0.4, 0.5) is 33.3 Å². The van der Waals surface area contributed by atoms with Crippen molar-refractivity contribution in [3.63, 3.8) is 0 Å². The van der Waals surface area contributed by atoms with Gasteiger partial charge in [-0.25, -0.2) is 22.0 Å². The molecule has 3 nitrogen and oxygen atoms in total. The van der Waals surface area contributed by atoms with E-state index in [2.05, 4.69) is 0 Å². The highest BCUT2D eigenvalue weighted by Crippen LogP contribution is 2.48. The lowest BCUT2D eigenvalue weighted by Gasteiger charge is -2.37. The van der Waals surface area contributed by atoms with Gasteiger partial charge in [0.15, 0.2) is 0 Å². The van der Waals surface area contributed by atoms with Crippen LogP contribution in [-0.2, 0) is 11.6 Å². The van der Waals surface area contributed by atoms with Crippen LogP contribution in [0.3, 0.4) is 0 Å². The standard InChI is InChI=1S/C20H14F5N3/c1-19(2,23)14-3-4-16(13(10-27)17(14)22)28-6-5-20(24,25)15-8-12(21)7-11(9-26)18(15)28/h3-4,7-8H,5-6H2,1-2H3. The normalized spacial score (nSPS) is 15.5. The van der Waals surface area contributed by atoms with Crippen molar-refractivity contribution in [1.29, 1.82) is 10.5 Å². The van der Waals surface area contributed by atoms with E-state index in [4.69, 9.17) is 0 Å². The third-order valence-electron chi connectivity index (χ3n) is 4.67. The first kappa shape index (κ1) is 19.6. The lowest BCUT2D eigenvalue weighted by Crippen LogP contribution is -2.34. The zero-order valence-corrected chi connectivity index (χ0v) is 15.0. The Bertz CT molecular complexity index is 1040. The Morgan fingerprint density at radius 2 is 1.79 bits per heavy atom. The third kappa shape index (κ3) is 3.05. The topological polar surface area (TPSA) is 50.8 Å². The van der Waals surface area contributed by atoms with Gasteiger partial charge in [0, 0.05) is 24.1 Å². The van der Waals surface area contributed by atoms with E-state index in [0.29, 0.717) is 6.07 Å². The molecule has 0 fully saturated rings. The summed E-state index contributed by atoms with van der Waals surface area (Å²) in [6.07, 6.45) is -0.725. The van der Waals surface area contributed by atoms with Crippen molar-refractivity contribution < 1.29 is 22.0 Å². The van der Waals surface area contributed by atoms with E-state index in [1.165, 1.54) is 11.0 Å². The molecule has 0 aromatic heterocycles. The molecule has 3 rings (SSSR count). The van der Waals surface area contributed by atoms with Gasteiger partial charge >= 0.3 is 0 Å². The molecule has 0 unspecified atom stereocenters. The van der Waals surface area contributed by atoms with Gasteiger partial charge in [0.05, 0.1) is 16.9 Å². The zero-order valence-electron chi connectivity index (χ0n) is 15.0. The van der Waals surface area contributed by atoms with Gasteiger partial charge in [0.2, 0.25) is 0 Å². The molecule has 144 valence electrons. The highest BCUT2D eigenvalue weighted by atomic mass is 19.3. The van der Waals surface area contributed by atoms with E-state index >= 15 is 0 Å². The van der Waals surface area contributed by atoms with Gasteiger partial charge in [-0.2, -0.15) is 10.5 Å². The van der Waals surface area contributed by atoms with Crippen LogP contribution >= 0.6 is 0 Å². The molecule has 8 heteroatoms. The maximum absolute atomic E-state index is 14.8. The Balaban J connectivity index is 2.30. The summed E-state index contributed by atoms with van der Waals surface area (Å²) in [5, 5.41) is 18.7. The molecular weight excluding hydrogens is 377 g/mol. The van der Waals surface area contributed by atoms with Crippen LogP contribution in [0.15, 0.2) is 24.3 Å². The van der Waals surface area contributed by atoms with Crippen LogP contribution in [0, 0.1) is 34.3 Å². The van der Waals surface area contributed by atoms with Gasteiger partial charge in [-0.05, 0) is 32.0 Å². The average Bonchev–Trinajstić information content (AvgIpc) is 2.60. The minimum absolute atomic E-state index is 0.0899. The first-order chi connectivity index (χ1) is 13.0. The van der Waals surface area contributed by atoms with Crippen LogP contribution in [-0.4, -0.2) is 6.54 Å². The number of hydrogen-bond acceptors (Lipinski definition) is 3. The zero-order chi connectivity index (χ0) is 20.9. The molecule has 28 heavy (non-hydrogen) atoms. The highest BCUT2D eigenvalue weighted by molar-refractivity contribution is 5.78. The second-order valence-electron chi connectivity index (χ2n) is 6.97. The number of benzene rings is 2. The Labute approximate surface area is 158 Å². The molecule has 0 saturated heterocycles. The smallest absolute Gasteiger partial charge is 0.277 e. The molecule has 1 aliphatic heterocycles.